The van der Waals surface area contributed by atoms with E-state index in [1.807, 2.05) is 16.8 Å². The Labute approximate surface area is 106 Å². The largest absolute Gasteiger partial charge is 0.392 e. The third kappa shape index (κ3) is 2.89. The van der Waals surface area contributed by atoms with Crippen molar-refractivity contribution in [2.75, 3.05) is 23.7 Å². The molecule has 0 saturated carbocycles. The fraction of sp³-hybridized carbons (Fsp3) is 0.500. The van der Waals surface area contributed by atoms with E-state index in [1.165, 1.54) is 0 Å². The van der Waals surface area contributed by atoms with Gasteiger partial charge in [-0.2, -0.15) is 0 Å². The summed E-state index contributed by atoms with van der Waals surface area (Å²) in [5, 5.41) is 15.7. The molecule has 0 aliphatic rings. The van der Waals surface area contributed by atoms with Crippen LogP contribution in [-0.2, 0) is 0 Å². The van der Waals surface area contributed by atoms with Crippen LogP contribution in [0.25, 0.3) is 5.65 Å². The average Bonchev–Trinajstić information content (AvgIpc) is 2.81. The van der Waals surface area contributed by atoms with E-state index in [4.69, 9.17) is 0 Å². The molecule has 2 heterocycles. The van der Waals surface area contributed by atoms with Gasteiger partial charge in [-0.15, -0.1) is 0 Å². The van der Waals surface area contributed by atoms with Gasteiger partial charge < -0.3 is 20.1 Å². The number of aromatic nitrogens is 3. The molecular weight excluding hydrogens is 230 g/mol. The van der Waals surface area contributed by atoms with Crippen LogP contribution in [0.5, 0.6) is 0 Å². The van der Waals surface area contributed by atoms with Crippen LogP contribution in [0.1, 0.15) is 20.3 Å². The van der Waals surface area contributed by atoms with Crippen LogP contribution < -0.4 is 10.6 Å². The summed E-state index contributed by atoms with van der Waals surface area (Å²) in [6, 6.07) is 0. The number of hydrogen-bond donors (Lipinski definition) is 3. The van der Waals surface area contributed by atoms with Crippen LogP contribution in [0, 0.1) is 0 Å². The quantitative estimate of drug-likeness (QED) is 0.720. The van der Waals surface area contributed by atoms with E-state index in [1.54, 1.807) is 13.1 Å². The summed E-state index contributed by atoms with van der Waals surface area (Å²) in [6.45, 7) is 5.17. The molecule has 2 aromatic heterocycles. The highest BCUT2D eigenvalue weighted by molar-refractivity contribution is 5.65. The van der Waals surface area contributed by atoms with Crippen molar-refractivity contribution < 1.29 is 5.11 Å². The maximum absolute atomic E-state index is 9.31. The van der Waals surface area contributed by atoms with Crippen molar-refractivity contribution in [1.29, 1.82) is 0 Å². The number of aliphatic hydroxyl groups excluding tert-OH is 1. The molecule has 0 aliphatic heterocycles. The highest BCUT2D eigenvalue weighted by Crippen LogP contribution is 2.16. The van der Waals surface area contributed by atoms with Crippen LogP contribution in [0.15, 0.2) is 18.6 Å². The summed E-state index contributed by atoms with van der Waals surface area (Å²) in [6.07, 6.45) is 6.13. The van der Waals surface area contributed by atoms with Gasteiger partial charge in [0.15, 0.2) is 11.5 Å². The number of nitrogens with one attached hydrogen (secondary N) is 2. The highest BCUT2D eigenvalue weighted by Gasteiger charge is 2.07. The zero-order valence-corrected chi connectivity index (χ0v) is 10.7. The molecule has 2 aromatic rings. The van der Waals surface area contributed by atoms with E-state index >= 15 is 0 Å². The number of anilines is 2. The number of rotatable bonds is 6. The van der Waals surface area contributed by atoms with E-state index in [2.05, 4.69) is 27.5 Å². The van der Waals surface area contributed by atoms with Gasteiger partial charge in [0.25, 0.3) is 0 Å². The Bertz CT molecular complexity index is 508. The fourth-order valence-corrected chi connectivity index (χ4v) is 1.63. The van der Waals surface area contributed by atoms with Gasteiger partial charge >= 0.3 is 0 Å². The van der Waals surface area contributed by atoms with Crippen LogP contribution >= 0.6 is 0 Å². The van der Waals surface area contributed by atoms with E-state index < -0.39 is 6.10 Å². The second-order valence-electron chi connectivity index (χ2n) is 4.29. The first-order valence-electron chi connectivity index (χ1n) is 6.20. The molecule has 0 amide bonds. The molecule has 0 radical (unpaired) electrons. The molecule has 0 spiro atoms. The molecule has 0 saturated heterocycles. The summed E-state index contributed by atoms with van der Waals surface area (Å²) in [5.41, 5.74) is 0.762. The van der Waals surface area contributed by atoms with Crippen molar-refractivity contribution in [3.8, 4) is 0 Å². The highest BCUT2D eigenvalue weighted by atomic mass is 16.3. The lowest BCUT2D eigenvalue weighted by Gasteiger charge is -2.11. The summed E-state index contributed by atoms with van der Waals surface area (Å²) in [5.74, 6) is 1.48. The first kappa shape index (κ1) is 12.6. The molecule has 0 fully saturated rings. The van der Waals surface area contributed by atoms with Crippen molar-refractivity contribution in [1.82, 2.24) is 14.4 Å². The zero-order chi connectivity index (χ0) is 13.0. The maximum Gasteiger partial charge on any atom is 0.180 e. The summed E-state index contributed by atoms with van der Waals surface area (Å²) in [4.78, 5) is 8.71. The Hall–Kier alpha value is -1.82. The Morgan fingerprint density at radius 2 is 2.28 bits per heavy atom. The third-order valence-electron chi connectivity index (χ3n) is 2.50. The first-order valence-corrected chi connectivity index (χ1v) is 6.20. The average molecular weight is 249 g/mol. The van der Waals surface area contributed by atoms with Gasteiger partial charge in [-0.25, -0.2) is 9.97 Å². The third-order valence-corrected chi connectivity index (χ3v) is 2.50. The monoisotopic (exact) mass is 249 g/mol. The molecule has 18 heavy (non-hydrogen) atoms. The van der Waals surface area contributed by atoms with Gasteiger partial charge in [0.1, 0.15) is 5.82 Å². The lowest BCUT2D eigenvalue weighted by atomic mass is 10.4. The fourth-order valence-electron chi connectivity index (χ4n) is 1.63. The Kier molecular flexibility index (Phi) is 3.99. The van der Waals surface area contributed by atoms with Gasteiger partial charge in [0.05, 0.1) is 12.3 Å². The van der Waals surface area contributed by atoms with Gasteiger partial charge in [0, 0.05) is 25.5 Å². The maximum atomic E-state index is 9.31. The molecule has 6 nitrogen and oxygen atoms in total. The predicted molar refractivity (Wildman–Crippen MR) is 71.9 cm³/mol. The predicted octanol–water partition coefficient (Wildman–Crippen LogP) is 1.34. The second kappa shape index (κ2) is 5.68. The SMILES string of the molecule is CCCNc1cn2ccnc2c(NCC(C)O)n1. The van der Waals surface area contributed by atoms with E-state index in [0.29, 0.717) is 12.4 Å². The minimum absolute atomic E-state index is 0.422. The Morgan fingerprint density at radius 3 is 3.00 bits per heavy atom. The first-order chi connectivity index (χ1) is 8.70. The van der Waals surface area contributed by atoms with E-state index in [9.17, 15) is 5.11 Å². The lowest BCUT2D eigenvalue weighted by molar-refractivity contribution is 0.208. The molecule has 3 N–H and O–H groups in total. The van der Waals surface area contributed by atoms with Crippen molar-refractivity contribution in [3.63, 3.8) is 0 Å². The van der Waals surface area contributed by atoms with Gasteiger partial charge in [0.2, 0.25) is 0 Å². The van der Waals surface area contributed by atoms with Crippen LogP contribution in [0.2, 0.25) is 0 Å². The summed E-state index contributed by atoms with van der Waals surface area (Å²) in [7, 11) is 0. The number of aliphatic hydroxyl groups is 1. The zero-order valence-electron chi connectivity index (χ0n) is 10.7. The smallest absolute Gasteiger partial charge is 0.180 e. The van der Waals surface area contributed by atoms with Crippen molar-refractivity contribution in [2.24, 2.45) is 0 Å². The number of fused-ring (bicyclic) bond motifs is 1. The molecule has 1 unspecified atom stereocenters. The number of hydrogen-bond acceptors (Lipinski definition) is 5. The summed E-state index contributed by atoms with van der Waals surface area (Å²) >= 11 is 0. The molecule has 0 aliphatic carbocycles. The molecule has 1 atom stereocenters. The van der Waals surface area contributed by atoms with Gasteiger partial charge in [-0.3, -0.25) is 0 Å². The number of nitrogens with zero attached hydrogens (tertiary/aromatic N) is 3. The Balaban J connectivity index is 2.26. The minimum atomic E-state index is -0.422. The molecule has 6 heteroatoms. The minimum Gasteiger partial charge on any atom is -0.392 e. The van der Waals surface area contributed by atoms with Crippen LogP contribution in [-0.4, -0.2) is 38.7 Å². The van der Waals surface area contributed by atoms with Gasteiger partial charge in [-0.1, -0.05) is 6.92 Å². The molecule has 0 bridgehead atoms. The van der Waals surface area contributed by atoms with Gasteiger partial charge in [-0.05, 0) is 13.3 Å². The van der Waals surface area contributed by atoms with Crippen LogP contribution in [0.3, 0.4) is 0 Å². The normalized spacial score (nSPS) is 12.6. The summed E-state index contributed by atoms with van der Waals surface area (Å²) < 4.78 is 1.91. The molecule has 0 aromatic carbocycles. The van der Waals surface area contributed by atoms with E-state index in [-0.39, 0.29) is 0 Å². The second-order valence-corrected chi connectivity index (χ2v) is 4.29. The van der Waals surface area contributed by atoms with Crippen molar-refractivity contribution >= 4 is 17.3 Å². The Morgan fingerprint density at radius 1 is 1.44 bits per heavy atom. The molecular formula is C12H19N5O. The van der Waals surface area contributed by atoms with Crippen molar-refractivity contribution in [2.45, 2.75) is 26.4 Å². The molecule has 2 rings (SSSR count). The molecule has 98 valence electrons. The lowest BCUT2D eigenvalue weighted by Crippen LogP contribution is -2.17. The number of imidazole rings is 1. The van der Waals surface area contributed by atoms with Crippen LogP contribution in [0.4, 0.5) is 11.6 Å². The van der Waals surface area contributed by atoms with E-state index in [0.717, 1.165) is 24.4 Å². The topological polar surface area (TPSA) is 74.5 Å². The van der Waals surface area contributed by atoms with Crippen molar-refractivity contribution in [3.05, 3.63) is 18.6 Å². The standard InChI is InChI=1S/C12H19N5O/c1-3-4-13-10-8-17-6-5-14-12(17)11(16-10)15-7-9(2)18/h5-6,8-9,13,18H,3-4,7H2,1-2H3,(H,15,16).